The summed E-state index contributed by atoms with van der Waals surface area (Å²) in [7, 11) is 0. The Balaban J connectivity index is 1.44. The molecule has 1 aliphatic carbocycles. The minimum atomic E-state index is -0.406. The van der Waals surface area contributed by atoms with Gasteiger partial charge in [0, 0.05) is 42.6 Å². The molecule has 7 nitrogen and oxygen atoms in total. The minimum Gasteiger partial charge on any atom is -0.391 e. The molecule has 2 atom stereocenters. The van der Waals surface area contributed by atoms with Gasteiger partial charge in [-0.3, -0.25) is 4.79 Å². The Kier molecular flexibility index (Phi) is 4.03. The van der Waals surface area contributed by atoms with E-state index in [-0.39, 0.29) is 11.8 Å². The number of hydrogen-bond donors (Lipinski definition) is 3. The third-order valence-corrected chi connectivity index (χ3v) is 4.58. The van der Waals surface area contributed by atoms with Gasteiger partial charge in [0.2, 0.25) is 11.7 Å². The van der Waals surface area contributed by atoms with E-state index >= 15 is 0 Å². The number of aliphatic hydroxyl groups is 1. The molecule has 4 rings (SSSR count). The van der Waals surface area contributed by atoms with E-state index in [0.29, 0.717) is 42.8 Å². The number of hydrogen-bond acceptors (Lipinski definition) is 6. The van der Waals surface area contributed by atoms with Crippen LogP contribution in [0.2, 0.25) is 0 Å². The molecule has 0 radical (unpaired) electrons. The lowest BCUT2D eigenvalue weighted by atomic mass is 10.1. The average molecular weight is 328 g/mol. The first-order valence-corrected chi connectivity index (χ1v) is 8.32. The van der Waals surface area contributed by atoms with E-state index in [1.807, 2.05) is 12.1 Å². The van der Waals surface area contributed by atoms with Crippen LogP contribution in [0.25, 0.3) is 11.4 Å². The number of aromatic nitrogens is 2. The van der Waals surface area contributed by atoms with Crippen molar-refractivity contribution in [3.05, 3.63) is 35.7 Å². The zero-order valence-electron chi connectivity index (χ0n) is 13.2. The third-order valence-electron chi connectivity index (χ3n) is 4.58. The summed E-state index contributed by atoms with van der Waals surface area (Å²) < 4.78 is 5.27. The van der Waals surface area contributed by atoms with Crippen LogP contribution >= 0.6 is 0 Å². The van der Waals surface area contributed by atoms with Crippen molar-refractivity contribution in [2.45, 2.75) is 24.9 Å². The Morgan fingerprint density at radius 2 is 2.25 bits per heavy atom. The summed E-state index contributed by atoms with van der Waals surface area (Å²) in [5.41, 5.74) is 1.31. The molecule has 2 heterocycles. The van der Waals surface area contributed by atoms with E-state index in [9.17, 15) is 9.90 Å². The fourth-order valence-electron chi connectivity index (χ4n) is 2.90. The molecule has 1 saturated carbocycles. The smallest absolute Gasteiger partial charge is 0.251 e. The van der Waals surface area contributed by atoms with Crippen LogP contribution in [0.1, 0.15) is 35.0 Å². The first-order valence-electron chi connectivity index (χ1n) is 8.32. The molecule has 1 amide bonds. The van der Waals surface area contributed by atoms with Gasteiger partial charge in [-0.15, -0.1) is 0 Å². The maximum Gasteiger partial charge on any atom is 0.251 e. The highest BCUT2D eigenvalue weighted by Crippen LogP contribution is 2.39. The average Bonchev–Trinajstić information content (AvgIpc) is 3.19. The zero-order valence-corrected chi connectivity index (χ0v) is 13.2. The zero-order chi connectivity index (χ0) is 16.5. The molecule has 0 spiro atoms. The van der Waals surface area contributed by atoms with Crippen LogP contribution in [0.5, 0.6) is 0 Å². The Bertz CT molecular complexity index is 741. The lowest BCUT2D eigenvalue weighted by molar-refractivity contribution is 0.0927. The van der Waals surface area contributed by atoms with Crippen LogP contribution in [0.4, 0.5) is 0 Å². The summed E-state index contributed by atoms with van der Waals surface area (Å²) in [4.78, 5) is 16.7. The first-order chi connectivity index (χ1) is 11.7. The molecule has 2 unspecified atom stereocenters. The second kappa shape index (κ2) is 6.33. The monoisotopic (exact) mass is 328 g/mol. The van der Waals surface area contributed by atoms with E-state index in [2.05, 4.69) is 20.8 Å². The van der Waals surface area contributed by atoms with Gasteiger partial charge in [0.25, 0.3) is 5.91 Å². The predicted molar refractivity (Wildman–Crippen MR) is 86.4 cm³/mol. The molecule has 1 aromatic heterocycles. The number of amides is 1. The predicted octanol–water partition coefficient (Wildman–Crippen LogP) is 0.924. The standard InChI is InChI=1S/C17H20N4O3/c22-14-9-18-7-13(14)8-19-16(23)12-3-1-2-11(6-12)15-20-17(24-21-15)10-4-5-10/h1-3,6,10,13-14,18,22H,4-5,7-9H2,(H,19,23). The molecule has 1 saturated heterocycles. The molecule has 24 heavy (non-hydrogen) atoms. The van der Waals surface area contributed by atoms with Gasteiger partial charge in [0.15, 0.2) is 0 Å². The molecular formula is C17H20N4O3. The van der Waals surface area contributed by atoms with Gasteiger partial charge in [-0.25, -0.2) is 0 Å². The van der Waals surface area contributed by atoms with Crippen molar-refractivity contribution in [2.75, 3.05) is 19.6 Å². The molecule has 1 aromatic carbocycles. The van der Waals surface area contributed by atoms with Crippen LogP contribution in [-0.4, -0.2) is 46.9 Å². The van der Waals surface area contributed by atoms with Crippen LogP contribution in [-0.2, 0) is 0 Å². The molecule has 1 aliphatic heterocycles. The molecule has 0 bridgehead atoms. The highest BCUT2D eigenvalue weighted by Gasteiger charge is 2.30. The van der Waals surface area contributed by atoms with E-state index in [1.54, 1.807) is 12.1 Å². The third kappa shape index (κ3) is 3.18. The summed E-state index contributed by atoms with van der Waals surface area (Å²) in [6.07, 6.45) is 1.80. The number of aliphatic hydroxyl groups excluding tert-OH is 1. The van der Waals surface area contributed by atoms with Gasteiger partial charge in [-0.2, -0.15) is 4.98 Å². The number of nitrogens with one attached hydrogen (secondary N) is 2. The Labute approximate surface area is 139 Å². The fourth-order valence-corrected chi connectivity index (χ4v) is 2.90. The summed E-state index contributed by atoms with van der Waals surface area (Å²) in [5.74, 6) is 1.49. The van der Waals surface area contributed by atoms with Gasteiger partial charge in [-0.1, -0.05) is 17.3 Å². The maximum atomic E-state index is 12.3. The maximum absolute atomic E-state index is 12.3. The molecule has 3 N–H and O–H groups in total. The molecule has 7 heteroatoms. The Morgan fingerprint density at radius 3 is 3.00 bits per heavy atom. The van der Waals surface area contributed by atoms with Crippen molar-refractivity contribution in [2.24, 2.45) is 5.92 Å². The molecular weight excluding hydrogens is 308 g/mol. The normalized spacial score (nSPS) is 23.4. The molecule has 2 aromatic rings. The number of benzene rings is 1. The van der Waals surface area contributed by atoms with Gasteiger partial charge in [0.05, 0.1) is 6.10 Å². The van der Waals surface area contributed by atoms with Crippen molar-refractivity contribution >= 4 is 5.91 Å². The molecule has 2 fully saturated rings. The Morgan fingerprint density at radius 1 is 1.38 bits per heavy atom. The molecule has 2 aliphatic rings. The highest BCUT2D eigenvalue weighted by atomic mass is 16.5. The lowest BCUT2D eigenvalue weighted by Crippen LogP contribution is -2.34. The number of carbonyl (C=O) groups is 1. The fraction of sp³-hybridized carbons (Fsp3) is 0.471. The van der Waals surface area contributed by atoms with Crippen LogP contribution in [0.3, 0.4) is 0 Å². The first kappa shape index (κ1) is 15.3. The van der Waals surface area contributed by atoms with Crippen molar-refractivity contribution in [3.8, 4) is 11.4 Å². The van der Waals surface area contributed by atoms with Crippen LogP contribution in [0, 0.1) is 5.92 Å². The van der Waals surface area contributed by atoms with E-state index in [1.165, 1.54) is 0 Å². The summed E-state index contributed by atoms with van der Waals surface area (Å²) in [6.45, 7) is 1.75. The van der Waals surface area contributed by atoms with Gasteiger partial charge in [0.1, 0.15) is 0 Å². The van der Waals surface area contributed by atoms with Crippen LogP contribution < -0.4 is 10.6 Å². The van der Waals surface area contributed by atoms with E-state index in [0.717, 1.165) is 18.4 Å². The van der Waals surface area contributed by atoms with E-state index < -0.39 is 6.10 Å². The van der Waals surface area contributed by atoms with Crippen molar-refractivity contribution < 1.29 is 14.4 Å². The van der Waals surface area contributed by atoms with Gasteiger partial charge in [-0.05, 0) is 25.0 Å². The van der Waals surface area contributed by atoms with Gasteiger partial charge < -0.3 is 20.3 Å². The quantitative estimate of drug-likeness (QED) is 0.755. The van der Waals surface area contributed by atoms with Crippen molar-refractivity contribution in [1.82, 2.24) is 20.8 Å². The number of β-amino-alcohol motifs (C(OH)–C–C–N with tert-alkyl or cyclic N) is 1. The van der Waals surface area contributed by atoms with Gasteiger partial charge >= 0.3 is 0 Å². The second-order valence-corrected chi connectivity index (χ2v) is 6.51. The topological polar surface area (TPSA) is 100 Å². The van der Waals surface area contributed by atoms with Crippen molar-refractivity contribution in [3.63, 3.8) is 0 Å². The largest absolute Gasteiger partial charge is 0.391 e. The summed E-state index contributed by atoms with van der Waals surface area (Å²) >= 11 is 0. The number of carbonyl (C=O) groups excluding carboxylic acids is 1. The van der Waals surface area contributed by atoms with Crippen LogP contribution in [0.15, 0.2) is 28.8 Å². The SMILES string of the molecule is O=C(NCC1CNCC1O)c1cccc(-c2noc(C3CC3)n2)c1. The second-order valence-electron chi connectivity index (χ2n) is 6.51. The molecule has 126 valence electrons. The Hall–Kier alpha value is -2.25. The van der Waals surface area contributed by atoms with E-state index in [4.69, 9.17) is 4.52 Å². The lowest BCUT2D eigenvalue weighted by Gasteiger charge is -2.14. The summed E-state index contributed by atoms with van der Waals surface area (Å²) in [6, 6.07) is 7.19. The number of nitrogens with zero attached hydrogens (tertiary/aromatic N) is 2. The number of rotatable bonds is 5. The highest BCUT2D eigenvalue weighted by molar-refractivity contribution is 5.95. The minimum absolute atomic E-state index is 0.0513. The van der Waals surface area contributed by atoms with Crippen molar-refractivity contribution in [1.29, 1.82) is 0 Å². The summed E-state index contributed by atoms with van der Waals surface area (Å²) in [5, 5.41) is 19.8.